The van der Waals surface area contributed by atoms with Gasteiger partial charge in [0.05, 0.1) is 12.2 Å². The van der Waals surface area contributed by atoms with Crippen molar-refractivity contribution >= 4 is 12.0 Å². The lowest BCUT2D eigenvalue weighted by Crippen LogP contribution is -2.45. The molecule has 4 rings (SSSR count). The van der Waals surface area contributed by atoms with Gasteiger partial charge in [0.15, 0.2) is 5.69 Å². The molecule has 1 aliphatic heterocycles. The van der Waals surface area contributed by atoms with Gasteiger partial charge in [0, 0.05) is 50.5 Å². The van der Waals surface area contributed by atoms with Crippen molar-refractivity contribution in [3.8, 4) is 0 Å². The molecule has 0 radical (unpaired) electrons. The van der Waals surface area contributed by atoms with Crippen LogP contribution in [0.5, 0.6) is 0 Å². The van der Waals surface area contributed by atoms with E-state index in [4.69, 9.17) is 4.42 Å². The molecule has 0 saturated carbocycles. The average molecular weight is 435 g/mol. The first-order chi connectivity index (χ1) is 15.6. The Morgan fingerprint density at radius 2 is 1.91 bits per heavy atom. The third-order valence-corrected chi connectivity index (χ3v) is 5.79. The van der Waals surface area contributed by atoms with Gasteiger partial charge >= 0.3 is 0 Å². The predicted octanol–water partition coefficient (Wildman–Crippen LogP) is 2.78. The number of aromatic nitrogens is 3. The van der Waals surface area contributed by atoms with Gasteiger partial charge in [-0.3, -0.25) is 19.7 Å². The van der Waals surface area contributed by atoms with Gasteiger partial charge in [-0.2, -0.15) is 5.10 Å². The lowest BCUT2D eigenvalue weighted by molar-refractivity contribution is 0.0945. The summed E-state index contributed by atoms with van der Waals surface area (Å²) in [5, 5.41) is 9.96. The van der Waals surface area contributed by atoms with E-state index in [0.717, 1.165) is 49.7 Å². The van der Waals surface area contributed by atoms with Gasteiger partial charge in [-0.15, -0.1) is 0 Å². The minimum atomic E-state index is -0.241. The predicted molar refractivity (Wildman–Crippen MR) is 123 cm³/mol. The molecule has 0 unspecified atom stereocenters. The van der Waals surface area contributed by atoms with Crippen LogP contribution >= 0.6 is 0 Å². The number of aryl methyl sites for hydroxylation is 2. The number of carbonyl (C=O) groups is 1. The largest absolute Gasteiger partial charge is 0.447 e. The summed E-state index contributed by atoms with van der Waals surface area (Å²) >= 11 is 0. The molecule has 1 saturated heterocycles. The van der Waals surface area contributed by atoms with Crippen LogP contribution in [0.4, 0.5) is 0 Å². The topological polar surface area (TPSA) is 90.3 Å². The van der Waals surface area contributed by atoms with Crippen LogP contribution in [0.1, 0.15) is 38.9 Å². The average Bonchev–Trinajstić information content (AvgIpc) is 3.40. The number of piperazine rings is 1. The minimum Gasteiger partial charge on any atom is -0.447 e. The number of hydrogen-bond donors (Lipinski definition) is 2. The van der Waals surface area contributed by atoms with Crippen molar-refractivity contribution in [3.63, 3.8) is 0 Å². The Morgan fingerprint density at radius 1 is 1.16 bits per heavy atom. The van der Waals surface area contributed by atoms with Crippen LogP contribution in [0.3, 0.4) is 0 Å². The van der Waals surface area contributed by atoms with Crippen molar-refractivity contribution in [2.45, 2.75) is 26.9 Å². The number of carbonyl (C=O) groups excluding carboxylic acids is 1. The molecule has 8 heteroatoms. The van der Waals surface area contributed by atoms with E-state index in [1.54, 1.807) is 0 Å². The number of benzene rings is 1. The summed E-state index contributed by atoms with van der Waals surface area (Å²) < 4.78 is 5.56. The Kier molecular flexibility index (Phi) is 7.14. The summed E-state index contributed by atoms with van der Waals surface area (Å²) in [7, 11) is 0. The summed E-state index contributed by atoms with van der Waals surface area (Å²) in [4.78, 5) is 21.5. The fourth-order valence-electron chi connectivity index (χ4n) is 3.80. The molecule has 1 fully saturated rings. The highest BCUT2D eigenvalue weighted by Gasteiger charge is 2.19. The summed E-state index contributed by atoms with van der Waals surface area (Å²) in [6, 6.07) is 10.4. The minimum absolute atomic E-state index is 0.241. The molecule has 1 aromatic carbocycles. The molecule has 32 heavy (non-hydrogen) atoms. The SMILES string of the molecule is Cc1n[nH]c(C)c1CNC(=O)c1coc(CN2CCN(C/C=C/c3ccccc3)CC2)n1. The van der Waals surface area contributed by atoms with Gasteiger partial charge in [-0.05, 0) is 19.4 Å². The molecule has 2 N–H and O–H groups in total. The molecule has 3 aromatic rings. The quantitative estimate of drug-likeness (QED) is 0.567. The standard InChI is InChI=1S/C24H30N6O2/c1-18-21(19(2)28-27-18)15-25-24(31)22-17-32-23(26-22)16-30-13-11-29(12-14-30)10-6-9-20-7-4-3-5-8-20/h3-9,17H,10-16H2,1-2H3,(H,25,31)(H,27,28)/b9-6+. The molecule has 168 valence electrons. The van der Waals surface area contributed by atoms with E-state index in [9.17, 15) is 4.79 Å². The summed E-state index contributed by atoms with van der Waals surface area (Å²) in [5.74, 6) is 0.332. The van der Waals surface area contributed by atoms with Crippen molar-refractivity contribution < 1.29 is 9.21 Å². The van der Waals surface area contributed by atoms with Gasteiger partial charge in [-0.1, -0.05) is 42.5 Å². The van der Waals surface area contributed by atoms with Gasteiger partial charge in [-0.25, -0.2) is 4.98 Å². The number of oxazole rings is 1. The lowest BCUT2D eigenvalue weighted by Gasteiger charge is -2.33. The first-order valence-corrected chi connectivity index (χ1v) is 11.0. The lowest BCUT2D eigenvalue weighted by atomic mass is 10.2. The number of aromatic amines is 1. The smallest absolute Gasteiger partial charge is 0.273 e. The molecule has 0 aliphatic carbocycles. The van der Waals surface area contributed by atoms with E-state index < -0.39 is 0 Å². The maximum Gasteiger partial charge on any atom is 0.273 e. The van der Waals surface area contributed by atoms with Gasteiger partial charge < -0.3 is 9.73 Å². The van der Waals surface area contributed by atoms with E-state index in [2.05, 4.69) is 66.7 Å². The third kappa shape index (κ3) is 5.72. The van der Waals surface area contributed by atoms with Crippen LogP contribution in [0.2, 0.25) is 0 Å². The number of H-pyrrole nitrogens is 1. The fraction of sp³-hybridized carbons (Fsp3) is 0.375. The summed E-state index contributed by atoms with van der Waals surface area (Å²) in [6.45, 7) is 9.71. The molecular weight excluding hydrogens is 404 g/mol. The molecule has 0 spiro atoms. The Balaban J connectivity index is 1.20. The van der Waals surface area contributed by atoms with Crippen LogP contribution in [0.25, 0.3) is 6.08 Å². The molecule has 3 heterocycles. The van der Waals surface area contributed by atoms with Crippen LogP contribution in [0, 0.1) is 13.8 Å². The number of nitrogens with zero attached hydrogens (tertiary/aromatic N) is 4. The highest BCUT2D eigenvalue weighted by atomic mass is 16.3. The fourth-order valence-corrected chi connectivity index (χ4v) is 3.80. The second-order valence-electron chi connectivity index (χ2n) is 8.11. The van der Waals surface area contributed by atoms with Crippen LogP contribution < -0.4 is 5.32 Å². The zero-order valence-corrected chi connectivity index (χ0v) is 18.7. The molecule has 1 amide bonds. The Bertz CT molecular complexity index is 1030. The second kappa shape index (κ2) is 10.4. The first kappa shape index (κ1) is 22.0. The van der Waals surface area contributed by atoms with Crippen LogP contribution in [-0.4, -0.2) is 63.6 Å². The second-order valence-corrected chi connectivity index (χ2v) is 8.11. The Morgan fingerprint density at radius 3 is 2.62 bits per heavy atom. The summed E-state index contributed by atoms with van der Waals surface area (Å²) in [5.41, 5.74) is 4.38. The summed E-state index contributed by atoms with van der Waals surface area (Å²) in [6.07, 6.45) is 5.82. The van der Waals surface area contributed by atoms with Gasteiger partial charge in [0.25, 0.3) is 5.91 Å². The normalized spacial score (nSPS) is 15.4. The highest BCUT2D eigenvalue weighted by molar-refractivity contribution is 5.91. The molecular formula is C24H30N6O2. The van der Waals surface area contributed by atoms with Crippen molar-refractivity contribution in [3.05, 3.63) is 76.8 Å². The van der Waals surface area contributed by atoms with E-state index in [1.807, 2.05) is 19.9 Å². The number of rotatable bonds is 8. The van der Waals surface area contributed by atoms with E-state index in [0.29, 0.717) is 24.7 Å². The molecule has 0 bridgehead atoms. The molecule has 2 aromatic heterocycles. The molecule has 1 aliphatic rings. The highest BCUT2D eigenvalue weighted by Crippen LogP contribution is 2.11. The van der Waals surface area contributed by atoms with Gasteiger partial charge in [0.2, 0.25) is 5.89 Å². The molecule has 0 atom stereocenters. The third-order valence-electron chi connectivity index (χ3n) is 5.79. The maximum absolute atomic E-state index is 12.4. The van der Waals surface area contributed by atoms with Crippen molar-refractivity contribution in [2.75, 3.05) is 32.7 Å². The van der Waals surface area contributed by atoms with Crippen LogP contribution in [-0.2, 0) is 13.1 Å². The van der Waals surface area contributed by atoms with Crippen molar-refractivity contribution in [2.24, 2.45) is 0 Å². The number of nitrogens with one attached hydrogen (secondary N) is 2. The monoisotopic (exact) mass is 434 g/mol. The van der Waals surface area contributed by atoms with Crippen LogP contribution in [0.15, 0.2) is 47.1 Å². The number of hydrogen-bond acceptors (Lipinski definition) is 6. The van der Waals surface area contributed by atoms with E-state index in [-0.39, 0.29) is 5.91 Å². The van der Waals surface area contributed by atoms with Crippen molar-refractivity contribution in [1.29, 1.82) is 0 Å². The molecule has 8 nitrogen and oxygen atoms in total. The first-order valence-electron chi connectivity index (χ1n) is 11.0. The van der Waals surface area contributed by atoms with Crippen molar-refractivity contribution in [1.82, 2.24) is 30.3 Å². The van der Waals surface area contributed by atoms with Gasteiger partial charge in [0.1, 0.15) is 6.26 Å². The van der Waals surface area contributed by atoms with E-state index >= 15 is 0 Å². The van der Waals surface area contributed by atoms with E-state index in [1.165, 1.54) is 11.8 Å². The Labute approximate surface area is 188 Å². The zero-order chi connectivity index (χ0) is 22.3. The number of amides is 1. The zero-order valence-electron chi connectivity index (χ0n) is 18.7. The maximum atomic E-state index is 12.4. The Hall–Kier alpha value is -3.23.